The molecule has 0 fully saturated rings. The molecule has 0 saturated heterocycles. The highest BCUT2D eigenvalue weighted by Crippen LogP contribution is 2.28. The molecular formula is C11H7BrCl2FNS. The van der Waals surface area contributed by atoms with E-state index in [4.69, 9.17) is 23.2 Å². The van der Waals surface area contributed by atoms with Gasteiger partial charge in [0, 0.05) is 27.0 Å². The largest absolute Gasteiger partial charge is 0.380 e. The fraction of sp³-hybridized carbons (Fsp3) is 0.0909. The van der Waals surface area contributed by atoms with Crippen LogP contribution in [-0.4, -0.2) is 0 Å². The van der Waals surface area contributed by atoms with E-state index in [-0.39, 0.29) is 10.0 Å². The van der Waals surface area contributed by atoms with Gasteiger partial charge in [0.1, 0.15) is 0 Å². The van der Waals surface area contributed by atoms with Gasteiger partial charge in [-0.05, 0) is 34.1 Å². The molecule has 0 radical (unpaired) electrons. The van der Waals surface area contributed by atoms with Crippen LogP contribution in [0.5, 0.6) is 0 Å². The van der Waals surface area contributed by atoms with E-state index in [0.29, 0.717) is 12.2 Å². The van der Waals surface area contributed by atoms with Gasteiger partial charge < -0.3 is 5.32 Å². The second-order valence-electron chi connectivity index (χ2n) is 3.34. The van der Waals surface area contributed by atoms with E-state index in [2.05, 4.69) is 21.2 Å². The molecule has 2 rings (SSSR count). The van der Waals surface area contributed by atoms with Crippen molar-refractivity contribution >= 4 is 56.2 Å². The summed E-state index contributed by atoms with van der Waals surface area (Å²) < 4.78 is 14.2. The fourth-order valence-electron chi connectivity index (χ4n) is 1.29. The molecule has 0 unspecified atom stereocenters. The Morgan fingerprint density at radius 3 is 2.41 bits per heavy atom. The summed E-state index contributed by atoms with van der Waals surface area (Å²) in [5.41, 5.74) is 0.700. The molecule has 6 heteroatoms. The Hall–Kier alpha value is -0.290. The zero-order valence-corrected chi connectivity index (χ0v) is 12.4. The molecule has 2 aromatic rings. The number of anilines is 1. The van der Waals surface area contributed by atoms with Crippen LogP contribution in [0.1, 0.15) is 4.88 Å². The Morgan fingerprint density at radius 1 is 1.24 bits per heavy atom. The molecule has 0 amide bonds. The average Bonchev–Trinajstić information content (AvgIpc) is 2.69. The lowest BCUT2D eigenvalue weighted by Crippen LogP contribution is -1.98. The average molecular weight is 355 g/mol. The first-order valence-corrected chi connectivity index (χ1v) is 7.10. The van der Waals surface area contributed by atoms with Crippen LogP contribution in [0.3, 0.4) is 0 Å². The summed E-state index contributed by atoms with van der Waals surface area (Å²) in [5, 5.41) is 5.18. The Kier molecular flexibility index (Phi) is 4.31. The second kappa shape index (κ2) is 5.57. The van der Waals surface area contributed by atoms with E-state index in [1.807, 2.05) is 11.4 Å². The molecule has 0 aliphatic carbocycles. The molecule has 0 spiro atoms. The van der Waals surface area contributed by atoms with Gasteiger partial charge in [-0.1, -0.05) is 23.2 Å². The first kappa shape index (κ1) is 13.1. The molecule has 0 atom stereocenters. The predicted molar refractivity (Wildman–Crippen MR) is 75.8 cm³/mol. The molecule has 90 valence electrons. The van der Waals surface area contributed by atoms with Crippen molar-refractivity contribution in [3.8, 4) is 0 Å². The summed E-state index contributed by atoms with van der Waals surface area (Å²) in [7, 11) is 0. The van der Waals surface area contributed by atoms with Gasteiger partial charge in [-0.25, -0.2) is 4.39 Å². The smallest absolute Gasteiger partial charge is 0.160 e. The highest BCUT2D eigenvalue weighted by Gasteiger charge is 2.07. The molecule has 1 aromatic carbocycles. The summed E-state index contributed by atoms with van der Waals surface area (Å²) in [6, 6.07) is 5.06. The number of thiophene rings is 1. The molecule has 1 heterocycles. The highest BCUT2D eigenvalue weighted by molar-refractivity contribution is 9.10. The maximum absolute atomic E-state index is 13.2. The standard InChI is InChI=1S/C11H7BrCl2FNS/c12-6-1-8(17-5-6)4-16-7-2-9(13)11(15)10(14)3-7/h1-3,5,16H,4H2. The zero-order chi connectivity index (χ0) is 12.4. The van der Waals surface area contributed by atoms with Crippen LogP contribution in [0.2, 0.25) is 10.0 Å². The van der Waals surface area contributed by atoms with Gasteiger partial charge in [0.2, 0.25) is 0 Å². The van der Waals surface area contributed by atoms with Crippen molar-refractivity contribution in [1.29, 1.82) is 0 Å². The summed E-state index contributed by atoms with van der Waals surface area (Å²) >= 11 is 16.4. The maximum atomic E-state index is 13.2. The zero-order valence-electron chi connectivity index (χ0n) is 8.44. The molecule has 1 nitrogen and oxygen atoms in total. The van der Waals surface area contributed by atoms with Gasteiger partial charge in [0.05, 0.1) is 10.0 Å². The van der Waals surface area contributed by atoms with Crippen molar-refractivity contribution in [3.05, 3.63) is 48.8 Å². The number of rotatable bonds is 3. The van der Waals surface area contributed by atoms with E-state index in [9.17, 15) is 4.39 Å². The Balaban J connectivity index is 2.09. The molecule has 0 saturated carbocycles. The number of hydrogen-bond acceptors (Lipinski definition) is 2. The maximum Gasteiger partial charge on any atom is 0.160 e. The van der Waals surface area contributed by atoms with Crippen LogP contribution in [-0.2, 0) is 6.54 Å². The predicted octanol–water partition coefficient (Wildman–Crippen LogP) is 5.57. The number of hydrogen-bond donors (Lipinski definition) is 1. The highest BCUT2D eigenvalue weighted by atomic mass is 79.9. The van der Waals surface area contributed by atoms with Crippen LogP contribution in [0.15, 0.2) is 28.1 Å². The third-order valence-corrected chi connectivity index (χ3v) is 4.32. The van der Waals surface area contributed by atoms with Crippen LogP contribution < -0.4 is 5.32 Å². The van der Waals surface area contributed by atoms with Gasteiger partial charge in [0.25, 0.3) is 0 Å². The van der Waals surface area contributed by atoms with E-state index < -0.39 is 5.82 Å². The minimum atomic E-state index is -0.585. The summed E-state index contributed by atoms with van der Waals surface area (Å²) in [6.45, 7) is 0.647. The van der Waals surface area contributed by atoms with Crippen molar-refractivity contribution in [1.82, 2.24) is 0 Å². The van der Waals surface area contributed by atoms with Crippen molar-refractivity contribution < 1.29 is 4.39 Å². The molecule has 0 bridgehead atoms. The summed E-state index contributed by atoms with van der Waals surface area (Å²) in [4.78, 5) is 1.16. The van der Waals surface area contributed by atoms with Gasteiger partial charge in [-0.2, -0.15) is 0 Å². The molecule has 1 N–H and O–H groups in total. The van der Waals surface area contributed by atoms with Gasteiger partial charge in [0.15, 0.2) is 5.82 Å². The van der Waals surface area contributed by atoms with Gasteiger partial charge >= 0.3 is 0 Å². The molecule has 0 aliphatic heterocycles. The summed E-state index contributed by atoms with van der Waals surface area (Å²) in [6.07, 6.45) is 0. The van der Waals surface area contributed by atoms with Crippen molar-refractivity contribution in [3.63, 3.8) is 0 Å². The van der Waals surface area contributed by atoms with Gasteiger partial charge in [-0.15, -0.1) is 11.3 Å². The monoisotopic (exact) mass is 353 g/mol. The lowest BCUT2D eigenvalue weighted by molar-refractivity contribution is 0.629. The first-order chi connectivity index (χ1) is 8.06. The van der Waals surface area contributed by atoms with E-state index >= 15 is 0 Å². The van der Waals surface area contributed by atoms with Crippen LogP contribution in [0, 0.1) is 5.82 Å². The molecular weight excluding hydrogens is 348 g/mol. The summed E-state index contributed by atoms with van der Waals surface area (Å²) in [5.74, 6) is -0.585. The topological polar surface area (TPSA) is 12.0 Å². The van der Waals surface area contributed by atoms with Crippen LogP contribution in [0.4, 0.5) is 10.1 Å². The van der Waals surface area contributed by atoms with E-state index in [0.717, 1.165) is 9.35 Å². The second-order valence-corrected chi connectivity index (χ2v) is 6.06. The van der Waals surface area contributed by atoms with Crippen LogP contribution >= 0.6 is 50.5 Å². The Bertz CT molecular complexity index is 521. The quantitative estimate of drug-likeness (QED) is 0.710. The Labute approximate surface area is 121 Å². The molecule has 0 aliphatic rings. The minimum absolute atomic E-state index is 0.0207. The number of halogens is 4. The number of benzene rings is 1. The van der Waals surface area contributed by atoms with Crippen LogP contribution in [0.25, 0.3) is 0 Å². The third kappa shape index (κ3) is 3.35. The SMILES string of the molecule is Fc1c(Cl)cc(NCc2cc(Br)cs2)cc1Cl. The van der Waals surface area contributed by atoms with Crippen molar-refractivity contribution in [2.75, 3.05) is 5.32 Å². The fourth-order valence-corrected chi connectivity index (χ4v) is 3.17. The van der Waals surface area contributed by atoms with Gasteiger partial charge in [-0.3, -0.25) is 0 Å². The van der Waals surface area contributed by atoms with E-state index in [1.165, 1.54) is 12.1 Å². The number of nitrogens with one attached hydrogen (secondary N) is 1. The molecule has 17 heavy (non-hydrogen) atoms. The Morgan fingerprint density at radius 2 is 1.88 bits per heavy atom. The van der Waals surface area contributed by atoms with Crippen molar-refractivity contribution in [2.45, 2.75) is 6.54 Å². The normalized spacial score (nSPS) is 10.6. The minimum Gasteiger partial charge on any atom is -0.380 e. The lowest BCUT2D eigenvalue weighted by Gasteiger charge is -2.07. The molecule has 1 aromatic heterocycles. The van der Waals surface area contributed by atoms with E-state index in [1.54, 1.807) is 11.3 Å². The first-order valence-electron chi connectivity index (χ1n) is 4.67. The lowest BCUT2D eigenvalue weighted by atomic mass is 10.3. The third-order valence-electron chi connectivity index (χ3n) is 2.07. The van der Waals surface area contributed by atoms with Crippen molar-refractivity contribution in [2.24, 2.45) is 0 Å².